The van der Waals surface area contributed by atoms with E-state index in [0.717, 1.165) is 10.2 Å². The molecule has 0 spiro atoms. The van der Waals surface area contributed by atoms with Crippen LogP contribution >= 0.6 is 15.9 Å². The zero-order chi connectivity index (χ0) is 13.3. The lowest BCUT2D eigenvalue weighted by molar-refractivity contribution is 0.177. The Morgan fingerprint density at radius 3 is 2.78 bits per heavy atom. The van der Waals surface area contributed by atoms with Gasteiger partial charge in [0.2, 0.25) is 0 Å². The first kappa shape index (κ1) is 12.9. The summed E-state index contributed by atoms with van der Waals surface area (Å²) >= 11 is 3.38. The fourth-order valence-electron chi connectivity index (χ4n) is 1.88. The second kappa shape index (κ2) is 4.99. The van der Waals surface area contributed by atoms with Crippen molar-refractivity contribution >= 4 is 21.6 Å². The highest BCUT2D eigenvalue weighted by Crippen LogP contribution is 2.17. The molecule has 0 aliphatic carbocycles. The summed E-state index contributed by atoms with van der Waals surface area (Å²) in [6.45, 7) is 0.304. The van der Waals surface area contributed by atoms with Crippen molar-refractivity contribution in [2.24, 2.45) is 7.05 Å². The molecule has 2 rings (SSSR count). The van der Waals surface area contributed by atoms with Crippen LogP contribution in [0.15, 0.2) is 33.5 Å². The van der Waals surface area contributed by atoms with Gasteiger partial charge in [-0.25, -0.2) is 4.68 Å². The van der Waals surface area contributed by atoms with Gasteiger partial charge in [-0.3, -0.25) is 9.48 Å². The maximum Gasteiger partial charge on any atom is 0.294 e. The Kier molecular flexibility index (Phi) is 3.58. The molecule has 0 aliphatic rings. The zero-order valence-electron chi connectivity index (χ0n) is 10.2. The smallest absolute Gasteiger partial charge is 0.294 e. The van der Waals surface area contributed by atoms with Crippen LogP contribution in [0.25, 0.3) is 5.69 Å². The molecule has 18 heavy (non-hydrogen) atoms. The molecule has 2 N–H and O–H groups in total. The minimum Gasteiger partial charge on any atom is -0.393 e. The summed E-state index contributed by atoms with van der Waals surface area (Å²) < 4.78 is 9.19. The lowest BCUT2D eigenvalue weighted by Gasteiger charge is -2.09. The molecule has 2 aromatic rings. The Balaban J connectivity index is 2.65. The molecule has 6 heteroatoms. The van der Waals surface area contributed by atoms with Crippen molar-refractivity contribution in [2.45, 2.75) is 6.61 Å². The number of methoxy groups -OCH3 is 1. The van der Waals surface area contributed by atoms with Crippen LogP contribution in [0.2, 0.25) is 0 Å². The molecule has 96 valence electrons. The van der Waals surface area contributed by atoms with Gasteiger partial charge in [-0.2, -0.15) is 0 Å². The third-order valence-electron chi connectivity index (χ3n) is 2.76. The van der Waals surface area contributed by atoms with Gasteiger partial charge in [0.1, 0.15) is 5.69 Å². The van der Waals surface area contributed by atoms with Crippen molar-refractivity contribution in [3.63, 3.8) is 0 Å². The predicted octanol–water partition coefficient (Wildman–Crippen LogP) is 1.67. The van der Waals surface area contributed by atoms with E-state index in [1.54, 1.807) is 18.8 Å². The Labute approximate surface area is 113 Å². The largest absolute Gasteiger partial charge is 0.393 e. The van der Waals surface area contributed by atoms with Gasteiger partial charge in [-0.15, -0.1) is 0 Å². The van der Waals surface area contributed by atoms with Crippen LogP contribution in [-0.2, 0) is 18.4 Å². The van der Waals surface area contributed by atoms with Crippen LogP contribution < -0.4 is 11.3 Å². The number of anilines is 1. The summed E-state index contributed by atoms with van der Waals surface area (Å²) in [4.78, 5) is 12.1. The van der Waals surface area contributed by atoms with Crippen LogP contribution in [0, 0.1) is 0 Å². The molecule has 0 radical (unpaired) electrons. The van der Waals surface area contributed by atoms with E-state index < -0.39 is 0 Å². The first-order valence-corrected chi connectivity index (χ1v) is 6.16. The third-order valence-corrected chi connectivity index (χ3v) is 3.25. The number of benzene rings is 1. The molecule has 0 fully saturated rings. The van der Waals surface area contributed by atoms with E-state index in [1.165, 1.54) is 4.68 Å². The average molecular weight is 312 g/mol. The van der Waals surface area contributed by atoms with E-state index in [0.29, 0.717) is 12.3 Å². The number of hydrogen-bond donors (Lipinski definition) is 1. The number of nitrogen functional groups attached to an aromatic ring is 1. The molecule has 0 unspecified atom stereocenters. The Morgan fingerprint density at radius 1 is 1.44 bits per heavy atom. The molecule has 1 heterocycles. The van der Waals surface area contributed by atoms with Crippen molar-refractivity contribution in [3.05, 3.63) is 44.8 Å². The van der Waals surface area contributed by atoms with E-state index in [9.17, 15) is 4.79 Å². The minimum atomic E-state index is -0.234. The summed E-state index contributed by atoms with van der Waals surface area (Å²) in [7, 11) is 3.35. The zero-order valence-corrected chi connectivity index (χ0v) is 11.8. The van der Waals surface area contributed by atoms with Crippen molar-refractivity contribution < 1.29 is 4.74 Å². The van der Waals surface area contributed by atoms with Gasteiger partial charge in [0, 0.05) is 18.6 Å². The van der Waals surface area contributed by atoms with Gasteiger partial charge in [0.15, 0.2) is 0 Å². The van der Waals surface area contributed by atoms with E-state index in [2.05, 4.69) is 15.9 Å². The Bertz CT molecular complexity index is 631. The lowest BCUT2D eigenvalue weighted by atomic mass is 10.3. The van der Waals surface area contributed by atoms with Gasteiger partial charge in [-0.05, 0) is 18.2 Å². The summed E-state index contributed by atoms with van der Waals surface area (Å²) in [6.07, 6.45) is 0. The maximum absolute atomic E-state index is 12.1. The van der Waals surface area contributed by atoms with Crippen LogP contribution in [0.3, 0.4) is 0 Å². The number of aromatic nitrogens is 2. The topological polar surface area (TPSA) is 62.2 Å². The molecular weight excluding hydrogens is 298 g/mol. The van der Waals surface area contributed by atoms with Crippen LogP contribution in [0.5, 0.6) is 0 Å². The molecule has 0 aliphatic heterocycles. The van der Waals surface area contributed by atoms with Crippen LogP contribution in [0.4, 0.5) is 5.69 Å². The summed E-state index contributed by atoms with van der Waals surface area (Å²) in [5, 5.41) is 0. The first-order valence-electron chi connectivity index (χ1n) is 5.37. The molecule has 1 aromatic carbocycles. The molecular formula is C12H14BrN3O2. The highest BCUT2D eigenvalue weighted by molar-refractivity contribution is 9.10. The van der Waals surface area contributed by atoms with E-state index in [-0.39, 0.29) is 11.2 Å². The molecule has 0 saturated carbocycles. The number of nitrogens with two attached hydrogens (primary N) is 1. The minimum absolute atomic E-state index is 0.222. The highest BCUT2D eigenvalue weighted by atomic mass is 79.9. The fourth-order valence-corrected chi connectivity index (χ4v) is 2.26. The molecule has 1 aromatic heterocycles. The van der Waals surface area contributed by atoms with Gasteiger partial charge in [-0.1, -0.05) is 22.0 Å². The first-order chi connectivity index (χ1) is 8.56. The maximum atomic E-state index is 12.1. The van der Waals surface area contributed by atoms with Crippen LogP contribution in [-0.4, -0.2) is 16.5 Å². The van der Waals surface area contributed by atoms with E-state index in [1.807, 2.05) is 24.3 Å². The molecule has 5 nitrogen and oxygen atoms in total. The van der Waals surface area contributed by atoms with Gasteiger partial charge in [0.25, 0.3) is 5.56 Å². The second-order valence-corrected chi connectivity index (χ2v) is 4.83. The van der Waals surface area contributed by atoms with E-state index in [4.69, 9.17) is 10.5 Å². The van der Waals surface area contributed by atoms with E-state index >= 15 is 0 Å². The molecule has 0 atom stereocenters. The van der Waals surface area contributed by atoms with Crippen molar-refractivity contribution in [1.29, 1.82) is 0 Å². The molecule has 0 amide bonds. The van der Waals surface area contributed by atoms with Gasteiger partial charge in [0.05, 0.1) is 18.0 Å². The normalized spacial score (nSPS) is 10.8. The number of nitrogens with zero attached hydrogens (tertiary/aromatic N) is 2. The second-order valence-electron chi connectivity index (χ2n) is 3.91. The van der Waals surface area contributed by atoms with Crippen molar-refractivity contribution in [3.8, 4) is 5.69 Å². The Hall–Kier alpha value is -1.53. The number of ether oxygens (including phenoxy) is 1. The lowest BCUT2D eigenvalue weighted by Crippen LogP contribution is -2.20. The fraction of sp³-hybridized carbons (Fsp3) is 0.250. The number of rotatable bonds is 3. The monoisotopic (exact) mass is 311 g/mol. The van der Waals surface area contributed by atoms with Gasteiger partial charge >= 0.3 is 0 Å². The highest BCUT2D eigenvalue weighted by Gasteiger charge is 2.16. The predicted molar refractivity (Wildman–Crippen MR) is 73.8 cm³/mol. The number of halogens is 1. The third kappa shape index (κ3) is 2.09. The summed E-state index contributed by atoms with van der Waals surface area (Å²) in [6, 6.07) is 7.47. The average Bonchev–Trinajstić information content (AvgIpc) is 2.54. The molecule has 0 bridgehead atoms. The van der Waals surface area contributed by atoms with Gasteiger partial charge < -0.3 is 10.5 Å². The molecule has 0 saturated heterocycles. The Morgan fingerprint density at radius 2 is 2.17 bits per heavy atom. The SMILES string of the molecule is COCc1c(N)c(=O)n(-c2cccc(Br)c2)n1C. The summed E-state index contributed by atoms with van der Waals surface area (Å²) in [5.41, 5.74) is 7.23. The van der Waals surface area contributed by atoms with Crippen molar-refractivity contribution in [2.75, 3.05) is 12.8 Å². The summed E-state index contributed by atoms with van der Waals surface area (Å²) in [5.74, 6) is 0. The van der Waals surface area contributed by atoms with Crippen molar-refractivity contribution in [1.82, 2.24) is 9.36 Å². The number of hydrogen-bond acceptors (Lipinski definition) is 3. The quantitative estimate of drug-likeness (QED) is 0.938. The van der Waals surface area contributed by atoms with Crippen LogP contribution in [0.1, 0.15) is 5.69 Å². The standard InChI is InChI=1S/C12H14BrN3O2/c1-15-10(7-18-2)11(14)12(17)16(15)9-5-3-4-8(13)6-9/h3-6H,7,14H2,1-2H3.